The summed E-state index contributed by atoms with van der Waals surface area (Å²) in [6, 6.07) is 0. The van der Waals surface area contributed by atoms with Gasteiger partial charge in [-0.2, -0.15) is 0 Å². The Labute approximate surface area is 90.5 Å². The summed E-state index contributed by atoms with van der Waals surface area (Å²) < 4.78 is 21.2. The fourth-order valence-corrected chi connectivity index (χ4v) is 1.69. The monoisotopic (exact) mass is 214 g/mol. The van der Waals surface area contributed by atoms with E-state index in [0.29, 0.717) is 0 Å². The quantitative estimate of drug-likeness (QED) is 0.524. The molecule has 0 bridgehead atoms. The molecule has 0 unspecified atom stereocenters. The van der Waals surface area contributed by atoms with Gasteiger partial charge < -0.3 is 18.9 Å². The summed E-state index contributed by atoms with van der Waals surface area (Å²) in [5, 5.41) is 0. The first kappa shape index (κ1) is 12.4. The minimum atomic E-state index is -0.815. The van der Waals surface area contributed by atoms with Gasteiger partial charge in [0.1, 0.15) is 0 Å². The molecule has 4 nitrogen and oxygen atoms in total. The van der Waals surface area contributed by atoms with Crippen LogP contribution in [0.15, 0.2) is 23.8 Å². The molecule has 0 saturated heterocycles. The lowest BCUT2D eigenvalue weighted by molar-refractivity contribution is -0.166. The van der Waals surface area contributed by atoms with Gasteiger partial charge in [-0.3, -0.25) is 0 Å². The van der Waals surface area contributed by atoms with Crippen LogP contribution < -0.4 is 0 Å². The van der Waals surface area contributed by atoms with E-state index in [1.165, 1.54) is 0 Å². The third kappa shape index (κ3) is 1.99. The molecular formula is C11H18O4. The molecule has 1 rings (SSSR count). The highest BCUT2D eigenvalue weighted by Crippen LogP contribution is 2.33. The van der Waals surface area contributed by atoms with Crippen LogP contribution in [0.2, 0.25) is 0 Å². The van der Waals surface area contributed by atoms with E-state index in [2.05, 4.69) is 0 Å². The maximum atomic E-state index is 5.33. The average Bonchev–Trinajstić information content (AvgIpc) is 2.29. The molecule has 0 aromatic rings. The van der Waals surface area contributed by atoms with E-state index in [1.54, 1.807) is 40.6 Å². The number of methoxy groups -OCH3 is 4. The molecule has 0 radical (unpaired) electrons. The maximum Gasteiger partial charge on any atom is 0.210 e. The molecule has 0 fully saturated rings. The van der Waals surface area contributed by atoms with Crippen molar-refractivity contribution in [1.82, 2.24) is 0 Å². The molecule has 0 amide bonds. The Hall–Kier alpha value is -0.680. The summed E-state index contributed by atoms with van der Waals surface area (Å²) in [5.41, 5.74) is 0.888. The summed E-state index contributed by atoms with van der Waals surface area (Å²) in [6.07, 6.45) is 5.39. The van der Waals surface area contributed by atoms with E-state index in [1.807, 2.05) is 13.0 Å². The topological polar surface area (TPSA) is 36.9 Å². The van der Waals surface area contributed by atoms with Gasteiger partial charge in [0.05, 0.1) is 0 Å². The van der Waals surface area contributed by atoms with Crippen molar-refractivity contribution in [3.05, 3.63) is 23.8 Å². The summed E-state index contributed by atoms with van der Waals surface area (Å²) in [5.74, 6) is -1.62. The third-order valence-electron chi connectivity index (χ3n) is 2.75. The van der Waals surface area contributed by atoms with Gasteiger partial charge in [0.15, 0.2) is 0 Å². The minimum Gasteiger partial charge on any atom is -0.346 e. The van der Waals surface area contributed by atoms with E-state index in [-0.39, 0.29) is 0 Å². The van der Waals surface area contributed by atoms with Crippen LogP contribution in [0.4, 0.5) is 0 Å². The molecule has 15 heavy (non-hydrogen) atoms. The zero-order valence-corrected chi connectivity index (χ0v) is 9.87. The van der Waals surface area contributed by atoms with Crippen LogP contribution in [0, 0.1) is 0 Å². The van der Waals surface area contributed by atoms with Crippen LogP contribution in [0.25, 0.3) is 0 Å². The first-order valence-corrected chi connectivity index (χ1v) is 4.69. The van der Waals surface area contributed by atoms with Gasteiger partial charge in [0.2, 0.25) is 11.6 Å². The highest BCUT2D eigenvalue weighted by Gasteiger charge is 2.38. The van der Waals surface area contributed by atoms with E-state index in [0.717, 1.165) is 5.57 Å². The van der Waals surface area contributed by atoms with Crippen LogP contribution in [0.3, 0.4) is 0 Å². The molecule has 0 atom stereocenters. The molecule has 0 aliphatic heterocycles. The molecular weight excluding hydrogens is 196 g/mol. The zero-order valence-electron chi connectivity index (χ0n) is 9.87. The first-order chi connectivity index (χ1) is 7.08. The van der Waals surface area contributed by atoms with Crippen molar-refractivity contribution in [2.24, 2.45) is 0 Å². The molecule has 0 spiro atoms. The molecule has 1 aliphatic carbocycles. The molecule has 0 aromatic heterocycles. The van der Waals surface area contributed by atoms with E-state index >= 15 is 0 Å². The SMILES string of the molecule is COC1(OC)C=CC(OC)(OC)C(C)=C1. The Balaban J connectivity index is 3.05. The normalized spacial score (nSPS) is 22.6. The van der Waals surface area contributed by atoms with E-state index < -0.39 is 11.6 Å². The Bertz CT molecular complexity index is 272. The smallest absolute Gasteiger partial charge is 0.210 e. The van der Waals surface area contributed by atoms with Crippen molar-refractivity contribution in [2.75, 3.05) is 28.4 Å². The van der Waals surface area contributed by atoms with Crippen molar-refractivity contribution in [3.8, 4) is 0 Å². The Morgan fingerprint density at radius 2 is 1.40 bits per heavy atom. The number of rotatable bonds is 4. The van der Waals surface area contributed by atoms with Gasteiger partial charge in [0.25, 0.3) is 0 Å². The van der Waals surface area contributed by atoms with Gasteiger partial charge in [-0.25, -0.2) is 0 Å². The van der Waals surface area contributed by atoms with E-state index in [4.69, 9.17) is 18.9 Å². The summed E-state index contributed by atoms with van der Waals surface area (Å²) in [7, 11) is 6.37. The molecule has 4 heteroatoms. The molecule has 0 aromatic carbocycles. The van der Waals surface area contributed by atoms with Crippen molar-refractivity contribution in [2.45, 2.75) is 18.5 Å². The van der Waals surface area contributed by atoms with Gasteiger partial charge in [-0.15, -0.1) is 0 Å². The Morgan fingerprint density at radius 3 is 1.73 bits per heavy atom. The van der Waals surface area contributed by atoms with Crippen LogP contribution in [0.5, 0.6) is 0 Å². The van der Waals surface area contributed by atoms with Crippen LogP contribution >= 0.6 is 0 Å². The fourth-order valence-electron chi connectivity index (χ4n) is 1.69. The van der Waals surface area contributed by atoms with Crippen molar-refractivity contribution in [3.63, 3.8) is 0 Å². The third-order valence-corrected chi connectivity index (χ3v) is 2.75. The maximum absolute atomic E-state index is 5.33. The molecule has 0 saturated carbocycles. The second kappa shape index (κ2) is 4.45. The standard InChI is InChI=1S/C11H18O4/c1-9-8-10(12-2,13-3)6-7-11(9,14-4)15-5/h6-8H,1-5H3. The van der Waals surface area contributed by atoms with E-state index in [9.17, 15) is 0 Å². The predicted molar refractivity (Wildman–Crippen MR) is 56.4 cm³/mol. The number of hydrogen-bond donors (Lipinski definition) is 0. The molecule has 86 valence electrons. The second-order valence-electron chi connectivity index (χ2n) is 3.37. The van der Waals surface area contributed by atoms with Gasteiger partial charge in [0, 0.05) is 28.4 Å². The molecule has 1 aliphatic rings. The fraction of sp³-hybridized carbons (Fsp3) is 0.636. The Morgan fingerprint density at radius 1 is 0.867 bits per heavy atom. The predicted octanol–water partition coefficient (Wildman–Crippen LogP) is 1.48. The summed E-state index contributed by atoms with van der Waals surface area (Å²) >= 11 is 0. The largest absolute Gasteiger partial charge is 0.346 e. The zero-order chi connectivity index (χ0) is 11.5. The van der Waals surface area contributed by atoms with Gasteiger partial charge in [-0.1, -0.05) is 0 Å². The van der Waals surface area contributed by atoms with Gasteiger partial charge >= 0.3 is 0 Å². The van der Waals surface area contributed by atoms with Crippen molar-refractivity contribution < 1.29 is 18.9 Å². The Kier molecular flexibility index (Phi) is 3.67. The van der Waals surface area contributed by atoms with Crippen molar-refractivity contribution >= 4 is 0 Å². The van der Waals surface area contributed by atoms with Crippen molar-refractivity contribution in [1.29, 1.82) is 0 Å². The minimum absolute atomic E-state index is 0.805. The van der Waals surface area contributed by atoms with Crippen LogP contribution in [0.1, 0.15) is 6.92 Å². The van der Waals surface area contributed by atoms with Gasteiger partial charge in [-0.05, 0) is 30.7 Å². The molecule has 0 heterocycles. The van der Waals surface area contributed by atoms with Crippen LogP contribution in [-0.2, 0) is 18.9 Å². The van der Waals surface area contributed by atoms with Crippen LogP contribution in [-0.4, -0.2) is 40.0 Å². The highest BCUT2D eigenvalue weighted by atomic mass is 16.7. The molecule has 0 N–H and O–H groups in total. The highest BCUT2D eigenvalue weighted by molar-refractivity contribution is 5.31. The lowest BCUT2D eigenvalue weighted by Crippen LogP contribution is -2.41. The lowest BCUT2D eigenvalue weighted by Gasteiger charge is -2.36. The number of ether oxygens (including phenoxy) is 4. The summed E-state index contributed by atoms with van der Waals surface area (Å²) in [6.45, 7) is 1.91. The summed E-state index contributed by atoms with van der Waals surface area (Å²) in [4.78, 5) is 0. The average molecular weight is 214 g/mol. The second-order valence-corrected chi connectivity index (χ2v) is 3.37. The first-order valence-electron chi connectivity index (χ1n) is 4.69. The number of hydrogen-bond acceptors (Lipinski definition) is 4. The lowest BCUT2D eigenvalue weighted by atomic mass is 9.96.